The normalized spacial score (nSPS) is 17.0. The largest absolute Gasteiger partial charge is 0.494 e. The van der Waals surface area contributed by atoms with Crippen molar-refractivity contribution >= 4 is 23.5 Å². The minimum Gasteiger partial charge on any atom is -0.494 e. The van der Waals surface area contributed by atoms with Crippen LogP contribution in [0.15, 0.2) is 54.6 Å². The SMILES string of the molecule is CCOc1ccc(NC(=O)CCC2NC(=O)N(C(C)c3ccccc3)C2=O)cc1. The minimum atomic E-state index is -0.695. The van der Waals surface area contributed by atoms with E-state index in [1.54, 1.807) is 24.3 Å². The van der Waals surface area contributed by atoms with E-state index in [-0.39, 0.29) is 30.7 Å². The van der Waals surface area contributed by atoms with Crippen LogP contribution in [0.2, 0.25) is 0 Å². The highest BCUT2D eigenvalue weighted by atomic mass is 16.5. The predicted molar refractivity (Wildman–Crippen MR) is 109 cm³/mol. The molecule has 2 aromatic rings. The zero-order chi connectivity index (χ0) is 20.8. The van der Waals surface area contributed by atoms with Crippen LogP contribution in [0.25, 0.3) is 0 Å². The Morgan fingerprint density at radius 3 is 2.48 bits per heavy atom. The first-order valence-electron chi connectivity index (χ1n) is 9.70. The molecule has 0 bridgehead atoms. The Morgan fingerprint density at radius 1 is 1.14 bits per heavy atom. The van der Waals surface area contributed by atoms with Crippen molar-refractivity contribution in [1.29, 1.82) is 0 Å². The molecule has 1 fully saturated rings. The van der Waals surface area contributed by atoms with E-state index >= 15 is 0 Å². The number of nitrogens with one attached hydrogen (secondary N) is 2. The summed E-state index contributed by atoms with van der Waals surface area (Å²) in [6, 6.07) is 15.0. The van der Waals surface area contributed by atoms with Gasteiger partial charge >= 0.3 is 6.03 Å². The van der Waals surface area contributed by atoms with E-state index in [2.05, 4.69) is 10.6 Å². The van der Waals surface area contributed by atoms with Crippen molar-refractivity contribution in [2.75, 3.05) is 11.9 Å². The maximum Gasteiger partial charge on any atom is 0.325 e. The second kappa shape index (κ2) is 9.23. The maximum atomic E-state index is 12.7. The van der Waals surface area contributed by atoms with Crippen LogP contribution in [0.5, 0.6) is 5.75 Å². The van der Waals surface area contributed by atoms with Crippen LogP contribution < -0.4 is 15.4 Å². The van der Waals surface area contributed by atoms with Crippen LogP contribution in [0.4, 0.5) is 10.5 Å². The van der Waals surface area contributed by atoms with Gasteiger partial charge in [-0.25, -0.2) is 4.79 Å². The van der Waals surface area contributed by atoms with Crippen LogP contribution in [0.1, 0.15) is 38.3 Å². The number of urea groups is 1. The third-order valence-corrected chi connectivity index (χ3v) is 4.83. The van der Waals surface area contributed by atoms with Gasteiger partial charge < -0.3 is 15.4 Å². The summed E-state index contributed by atoms with van der Waals surface area (Å²) in [4.78, 5) is 38.5. The molecule has 2 N–H and O–H groups in total. The lowest BCUT2D eigenvalue weighted by Gasteiger charge is -2.21. The highest BCUT2D eigenvalue weighted by molar-refractivity contribution is 6.05. The number of carbonyl (C=O) groups is 3. The molecule has 1 heterocycles. The Kier molecular flexibility index (Phi) is 6.49. The summed E-state index contributed by atoms with van der Waals surface area (Å²) in [7, 11) is 0. The summed E-state index contributed by atoms with van der Waals surface area (Å²) in [5.74, 6) is 0.211. The summed E-state index contributed by atoms with van der Waals surface area (Å²) in [5, 5.41) is 5.48. The molecule has 1 saturated heterocycles. The molecule has 0 spiro atoms. The van der Waals surface area contributed by atoms with Crippen molar-refractivity contribution < 1.29 is 19.1 Å². The van der Waals surface area contributed by atoms with Gasteiger partial charge in [-0.1, -0.05) is 30.3 Å². The van der Waals surface area contributed by atoms with Gasteiger partial charge in [0.1, 0.15) is 11.8 Å². The van der Waals surface area contributed by atoms with E-state index in [0.29, 0.717) is 12.3 Å². The molecule has 3 rings (SSSR count). The summed E-state index contributed by atoms with van der Waals surface area (Å²) < 4.78 is 5.37. The Morgan fingerprint density at radius 2 is 1.83 bits per heavy atom. The summed E-state index contributed by atoms with van der Waals surface area (Å²) >= 11 is 0. The first-order chi connectivity index (χ1) is 14.0. The van der Waals surface area contributed by atoms with Crippen molar-refractivity contribution in [3.8, 4) is 5.75 Å². The molecule has 0 radical (unpaired) electrons. The topological polar surface area (TPSA) is 87.7 Å². The van der Waals surface area contributed by atoms with Gasteiger partial charge in [0, 0.05) is 12.1 Å². The summed E-state index contributed by atoms with van der Waals surface area (Å²) in [6.07, 6.45) is 0.364. The lowest BCUT2D eigenvalue weighted by molar-refractivity contribution is -0.129. The fraction of sp³-hybridized carbons (Fsp3) is 0.318. The molecular weight excluding hydrogens is 370 g/mol. The van der Waals surface area contributed by atoms with Gasteiger partial charge in [-0.15, -0.1) is 0 Å². The second-order valence-electron chi connectivity index (χ2n) is 6.84. The molecule has 1 aliphatic rings. The molecule has 2 atom stereocenters. The number of hydrogen-bond acceptors (Lipinski definition) is 4. The summed E-state index contributed by atoms with van der Waals surface area (Å²) in [6.45, 7) is 4.29. The van der Waals surface area contributed by atoms with Crippen molar-refractivity contribution in [2.45, 2.75) is 38.8 Å². The van der Waals surface area contributed by atoms with E-state index in [1.165, 1.54) is 4.90 Å². The van der Waals surface area contributed by atoms with Crippen LogP contribution >= 0.6 is 0 Å². The quantitative estimate of drug-likeness (QED) is 0.670. The van der Waals surface area contributed by atoms with E-state index in [1.807, 2.05) is 44.2 Å². The van der Waals surface area contributed by atoms with E-state index in [0.717, 1.165) is 11.3 Å². The van der Waals surface area contributed by atoms with E-state index < -0.39 is 12.1 Å². The number of carbonyl (C=O) groups excluding carboxylic acids is 3. The molecule has 0 aromatic heterocycles. The lowest BCUT2D eigenvalue weighted by atomic mass is 10.1. The number of imide groups is 1. The molecule has 7 heteroatoms. The standard InChI is InChI=1S/C22H25N3O4/c1-3-29-18-11-9-17(10-12-18)23-20(26)14-13-19-21(27)25(22(28)24-19)15(2)16-7-5-4-6-8-16/h4-12,15,19H,3,13-14H2,1-2H3,(H,23,26)(H,24,28). The highest BCUT2D eigenvalue weighted by Gasteiger charge is 2.40. The third kappa shape index (κ3) is 4.93. The molecule has 0 aliphatic carbocycles. The number of anilines is 1. The summed E-state index contributed by atoms with van der Waals surface area (Å²) in [5.41, 5.74) is 1.53. The third-order valence-electron chi connectivity index (χ3n) is 4.83. The molecule has 0 saturated carbocycles. The van der Waals surface area contributed by atoms with Crippen LogP contribution in [0.3, 0.4) is 0 Å². The Labute approximate surface area is 170 Å². The molecule has 29 heavy (non-hydrogen) atoms. The Hall–Kier alpha value is -3.35. The first-order valence-corrected chi connectivity index (χ1v) is 9.70. The molecule has 7 nitrogen and oxygen atoms in total. The fourth-order valence-corrected chi connectivity index (χ4v) is 3.29. The Bertz CT molecular complexity index is 867. The lowest BCUT2D eigenvalue weighted by Crippen LogP contribution is -2.34. The average Bonchev–Trinajstić information content (AvgIpc) is 3.01. The number of rotatable bonds is 8. The van der Waals surface area contributed by atoms with E-state index in [4.69, 9.17) is 4.74 Å². The Balaban J connectivity index is 1.53. The molecule has 2 aromatic carbocycles. The highest BCUT2D eigenvalue weighted by Crippen LogP contribution is 2.25. The van der Waals surface area contributed by atoms with Crippen LogP contribution in [-0.4, -0.2) is 35.4 Å². The number of amides is 4. The minimum absolute atomic E-state index is 0.122. The zero-order valence-corrected chi connectivity index (χ0v) is 16.6. The molecule has 4 amide bonds. The maximum absolute atomic E-state index is 12.7. The van der Waals surface area contributed by atoms with Gasteiger partial charge in [-0.2, -0.15) is 0 Å². The second-order valence-corrected chi connectivity index (χ2v) is 6.84. The van der Waals surface area contributed by atoms with Crippen molar-refractivity contribution in [2.24, 2.45) is 0 Å². The monoisotopic (exact) mass is 395 g/mol. The van der Waals surface area contributed by atoms with Gasteiger partial charge in [-0.3, -0.25) is 14.5 Å². The van der Waals surface area contributed by atoms with Crippen LogP contribution in [0, 0.1) is 0 Å². The average molecular weight is 395 g/mol. The molecule has 2 unspecified atom stereocenters. The van der Waals surface area contributed by atoms with Gasteiger partial charge in [0.2, 0.25) is 5.91 Å². The number of ether oxygens (including phenoxy) is 1. The van der Waals surface area contributed by atoms with Crippen molar-refractivity contribution in [1.82, 2.24) is 10.2 Å². The molecular formula is C22H25N3O4. The fourth-order valence-electron chi connectivity index (χ4n) is 3.29. The van der Waals surface area contributed by atoms with Gasteiger partial charge in [0.05, 0.1) is 12.6 Å². The first kappa shape index (κ1) is 20.4. The van der Waals surface area contributed by atoms with E-state index in [9.17, 15) is 14.4 Å². The zero-order valence-electron chi connectivity index (χ0n) is 16.6. The van der Waals surface area contributed by atoms with Crippen molar-refractivity contribution in [3.63, 3.8) is 0 Å². The number of hydrogen-bond donors (Lipinski definition) is 2. The van der Waals surface area contributed by atoms with Gasteiger partial charge in [-0.05, 0) is 50.1 Å². The number of benzene rings is 2. The molecule has 152 valence electrons. The van der Waals surface area contributed by atoms with Gasteiger partial charge in [0.25, 0.3) is 5.91 Å². The number of nitrogens with zero attached hydrogens (tertiary/aromatic N) is 1. The van der Waals surface area contributed by atoms with Gasteiger partial charge in [0.15, 0.2) is 0 Å². The van der Waals surface area contributed by atoms with Crippen molar-refractivity contribution in [3.05, 3.63) is 60.2 Å². The predicted octanol–water partition coefficient (Wildman–Crippen LogP) is 3.49. The molecule has 1 aliphatic heterocycles. The van der Waals surface area contributed by atoms with Crippen LogP contribution in [-0.2, 0) is 9.59 Å². The smallest absolute Gasteiger partial charge is 0.325 e.